The van der Waals surface area contributed by atoms with Gasteiger partial charge in [-0.25, -0.2) is 0 Å². The van der Waals surface area contributed by atoms with Crippen LogP contribution in [0.4, 0.5) is 0 Å². The van der Waals surface area contributed by atoms with E-state index in [9.17, 15) is 10.2 Å². The summed E-state index contributed by atoms with van der Waals surface area (Å²) in [5.74, 6) is 1.70. The molecule has 4 bridgehead atoms. The Morgan fingerprint density at radius 2 is 1.53 bits per heavy atom. The molecule has 2 nitrogen and oxygen atoms in total. The van der Waals surface area contributed by atoms with E-state index in [2.05, 4.69) is 0 Å². The molecule has 4 aliphatic rings. The third kappa shape index (κ3) is 1.45. The van der Waals surface area contributed by atoms with Crippen molar-refractivity contribution in [2.45, 2.75) is 44.9 Å². The van der Waals surface area contributed by atoms with Crippen LogP contribution in [0.15, 0.2) is 0 Å². The molecule has 0 aliphatic heterocycles. The van der Waals surface area contributed by atoms with E-state index in [1.54, 1.807) is 0 Å². The first-order valence-electron chi connectivity index (χ1n) is 6.41. The van der Waals surface area contributed by atoms with E-state index < -0.39 is 0 Å². The molecule has 0 saturated heterocycles. The zero-order chi connectivity index (χ0) is 10.5. The van der Waals surface area contributed by atoms with Gasteiger partial charge in [0.05, 0.1) is 0 Å². The summed E-state index contributed by atoms with van der Waals surface area (Å²) in [6, 6.07) is 0. The second-order valence-corrected chi connectivity index (χ2v) is 6.59. The lowest BCUT2D eigenvalue weighted by Gasteiger charge is -2.62. The fourth-order valence-corrected chi connectivity index (χ4v) is 5.36. The van der Waals surface area contributed by atoms with Gasteiger partial charge in [0.1, 0.15) is 0 Å². The third-order valence-corrected chi connectivity index (χ3v) is 5.28. The lowest BCUT2D eigenvalue weighted by Crippen LogP contribution is -2.53. The monoisotopic (exact) mass is 210 g/mol. The minimum atomic E-state index is 0.249. The predicted octanol–water partition coefficient (Wildman–Crippen LogP) is 1.95. The van der Waals surface area contributed by atoms with Crippen LogP contribution < -0.4 is 0 Å². The van der Waals surface area contributed by atoms with Crippen LogP contribution in [0, 0.1) is 22.7 Å². The Balaban J connectivity index is 1.88. The number of rotatable bonds is 3. The molecule has 0 amide bonds. The Hall–Kier alpha value is -0.0800. The maximum Gasteiger partial charge on any atom is 0.0487 e. The third-order valence-electron chi connectivity index (χ3n) is 5.28. The predicted molar refractivity (Wildman–Crippen MR) is 58.3 cm³/mol. The van der Waals surface area contributed by atoms with E-state index in [1.165, 1.54) is 38.5 Å². The first kappa shape index (κ1) is 10.1. The van der Waals surface area contributed by atoms with Gasteiger partial charge in [0.15, 0.2) is 0 Å². The van der Waals surface area contributed by atoms with Crippen molar-refractivity contribution in [2.75, 3.05) is 13.2 Å². The molecule has 0 radical (unpaired) electrons. The normalized spacial score (nSPS) is 52.4. The van der Waals surface area contributed by atoms with Crippen LogP contribution in [0.3, 0.4) is 0 Å². The van der Waals surface area contributed by atoms with Crippen molar-refractivity contribution in [1.82, 2.24) is 0 Å². The fourth-order valence-electron chi connectivity index (χ4n) is 5.36. The smallest absolute Gasteiger partial charge is 0.0487 e. The average molecular weight is 210 g/mol. The second kappa shape index (κ2) is 3.21. The van der Waals surface area contributed by atoms with Crippen molar-refractivity contribution >= 4 is 0 Å². The van der Waals surface area contributed by atoms with Crippen molar-refractivity contribution in [2.24, 2.45) is 22.7 Å². The number of aliphatic hydroxyl groups is 2. The molecule has 4 saturated carbocycles. The van der Waals surface area contributed by atoms with Crippen LogP contribution in [0.1, 0.15) is 44.9 Å². The Morgan fingerprint density at radius 3 is 2.07 bits per heavy atom. The number of aliphatic hydroxyl groups excluding tert-OH is 2. The maximum atomic E-state index is 9.65. The van der Waals surface area contributed by atoms with Gasteiger partial charge in [0.25, 0.3) is 0 Å². The van der Waals surface area contributed by atoms with E-state index >= 15 is 0 Å². The first-order chi connectivity index (χ1) is 7.19. The molecular formula is C13H22O2. The van der Waals surface area contributed by atoms with E-state index in [-0.39, 0.29) is 5.41 Å². The molecule has 2 heteroatoms. The van der Waals surface area contributed by atoms with Crippen LogP contribution in [0.5, 0.6) is 0 Å². The highest BCUT2D eigenvalue weighted by Crippen LogP contribution is 2.66. The zero-order valence-electron chi connectivity index (χ0n) is 9.41. The Morgan fingerprint density at radius 1 is 0.933 bits per heavy atom. The number of hydrogen-bond donors (Lipinski definition) is 2. The van der Waals surface area contributed by atoms with Crippen molar-refractivity contribution in [3.63, 3.8) is 0 Å². The van der Waals surface area contributed by atoms with Crippen LogP contribution in [-0.4, -0.2) is 23.4 Å². The van der Waals surface area contributed by atoms with Gasteiger partial charge in [-0.05, 0) is 67.6 Å². The molecule has 86 valence electrons. The van der Waals surface area contributed by atoms with Gasteiger partial charge >= 0.3 is 0 Å². The molecule has 0 spiro atoms. The molecular weight excluding hydrogens is 188 g/mol. The second-order valence-electron chi connectivity index (χ2n) is 6.59. The Kier molecular flexibility index (Phi) is 2.16. The minimum absolute atomic E-state index is 0.249. The standard InChI is InChI=1S/C13H22O2/c14-2-1-12-4-10-3-11(5-12)7-13(6-10,8-12)9-15/h10-11,14-15H,1-9H2. The molecule has 2 N–H and O–H groups in total. The van der Waals surface area contributed by atoms with Crippen molar-refractivity contribution in [3.8, 4) is 0 Å². The maximum absolute atomic E-state index is 9.65. The van der Waals surface area contributed by atoms with E-state index in [4.69, 9.17) is 0 Å². The van der Waals surface area contributed by atoms with Gasteiger partial charge < -0.3 is 10.2 Å². The Bertz CT molecular complexity index is 247. The van der Waals surface area contributed by atoms with E-state index in [1.807, 2.05) is 0 Å². The van der Waals surface area contributed by atoms with E-state index in [0.717, 1.165) is 18.3 Å². The van der Waals surface area contributed by atoms with Crippen molar-refractivity contribution < 1.29 is 10.2 Å². The summed E-state index contributed by atoms with van der Waals surface area (Å²) in [7, 11) is 0. The van der Waals surface area contributed by atoms with Gasteiger partial charge in [0, 0.05) is 13.2 Å². The molecule has 4 fully saturated rings. The summed E-state index contributed by atoms with van der Waals surface area (Å²) in [4.78, 5) is 0. The van der Waals surface area contributed by atoms with Crippen LogP contribution >= 0.6 is 0 Å². The molecule has 4 rings (SSSR count). The summed E-state index contributed by atoms with van der Waals surface area (Å²) >= 11 is 0. The highest BCUT2D eigenvalue weighted by atomic mass is 16.3. The molecule has 4 aliphatic carbocycles. The summed E-state index contributed by atoms with van der Waals surface area (Å²) in [6.45, 7) is 0.716. The zero-order valence-corrected chi connectivity index (χ0v) is 9.41. The van der Waals surface area contributed by atoms with E-state index in [0.29, 0.717) is 18.6 Å². The number of hydrogen-bond acceptors (Lipinski definition) is 2. The average Bonchev–Trinajstić information content (AvgIpc) is 2.15. The molecule has 2 atom stereocenters. The summed E-state index contributed by atoms with van der Waals surface area (Å²) in [5, 5.41) is 18.9. The molecule has 0 aromatic carbocycles. The molecule has 0 aromatic heterocycles. The summed E-state index contributed by atoms with van der Waals surface area (Å²) in [6.07, 6.45) is 8.72. The molecule has 15 heavy (non-hydrogen) atoms. The summed E-state index contributed by atoms with van der Waals surface area (Å²) in [5.41, 5.74) is 0.654. The highest BCUT2D eigenvalue weighted by molar-refractivity contribution is 5.07. The topological polar surface area (TPSA) is 40.5 Å². The van der Waals surface area contributed by atoms with Crippen LogP contribution in [0.2, 0.25) is 0 Å². The van der Waals surface area contributed by atoms with Gasteiger partial charge in [-0.15, -0.1) is 0 Å². The largest absolute Gasteiger partial charge is 0.396 e. The molecule has 2 unspecified atom stereocenters. The highest BCUT2D eigenvalue weighted by Gasteiger charge is 2.56. The van der Waals surface area contributed by atoms with Gasteiger partial charge in [-0.2, -0.15) is 0 Å². The Labute approximate surface area is 91.7 Å². The minimum Gasteiger partial charge on any atom is -0.396 e. The quantitative estimate of drug-likeness (QED) is 0.747. The first-order valence-corrected chi connectivity index (χ1v) is 6.41. The SMILES string of the molecule is OCCC12CC3CC(CC(CO)(C3)C1)C2. The van der Waals surface area contributed by atoms with Gasteiger partial charge in [-0.1, -0.05) is 0 Å². The van der Waals surface area contributed by atoms with Crippen LogP contribution in [-0.2, 0) is 0 Å². The van der Waals surface area contributed by atoms with Crippen molar-refractivity contribution in [3.05, 3.63) is 0 Å². The molecule has 0 heterocycles. The summed E-state index contributed by atoms with van der Waals surface area (Å²) < 4.78 is 0. The molecule has 0 aromatic rings. The van der Waals surface area contributed by atoms with Crippen LogP contribution in [0.25, 0.3) is 0 Å². The lowest BCUT2D eigenvalue weighted by molar-refractivity contribution is -0.135. The van der Waals surface area contributed by atoms with Crippen molar-refractivity contribution in [1.29, 1.82) is 0 Å². The fraction of sp³-hybridized carbons (Fsp3) is 1.00. The van der Waals surface area contributed by atoms with Gasteiger partial charge in [0.2, 0.25) is 0 Å². The lowest BCUT2D eigenvalue weighted by atomic mass is 9.44. The van der Waals surface area contributed by atoms with Gasteiger partial charge in [-0.3, -0.25) is 0 Å².